The number of hydrogen-bond acceptors (Lipinski definition) is 3. The van der Waals surface area contributed by atoms with Crippen molar-refractivity contribution in [3.05, 3.63) is 59.9 Å². The van der Waals surface area contributed by atoms with Gasteiger partial charge >= 0.3 is 0 Å². The maximum Gasteiger partial charge on any atom is 0.136 e. The zero-order valence-electron chi connectivity index (χ0n) is 11.4. The van der Waals surface area contributed by atoms with Crippen molar-refractivity contribution in [2.75, 3.05) is 12.9 Å². The van der Waals surface area contributed by atoms with Crippen molar-refractivity contribution < 1.29 is 9.13 Å². The summed E-state index contributed by atoms with van der Waals surface area (Å²) >= 11 is 1.45. The standard InChI is InChI=1S/C16H18FNOS/c1-19-14-6-4-5-12(10-14)9-13(18)11-20-16-8-3-2-7-15(16)17/h2-8,10,13H,9,11,18H2,1H3. The first kappa shape index (κ1) is 14.9. The van der Waals surface area contributed by atoms with Crippen molar-refractivity contribution in [2.45, 2.75) is 17.4 Å². The van der Waals surface area contributed by atoms with E-state index in [0.29, 0.717) is 10.6 Å². The predicted molar refractivity (Wildman–Crippen MR) is 81.8 cm³/mol. The third-order valence-electron chi connectivity index (χ3n) is 2.92. The van der Waals surface area contributed by atoms with Crippen molar-refractivity contribution >= 4 is 11.8 Å². The highest BCUT2D eigenvalue weighted by Gasteiger charge is 2.08. The molecule has 0 fully saturated rings. The van der Waals surface area contributed by atoms with Gasteiger partial charge in [0.05, 0.1) is 7.11 Å². The maximum absolute atomic E-state index is 13.5. The number of halogens is 1. The van der Waals surface area contributed by atoms with Gasteiger partial charge in [0, 0.05) is 16.7 Å². The maximum atomic E-state index is 13.5. The van der Waals surface area contributed by atoms with Gasteiger partial charge in [-0.3, -0.25) is 0 Å². The van der Waals surface area contributed by atoms with Crippen molar-refractivity contribution in [3.63, 3.8) is 0 Å². The van der Waals surface area contributed by atoms with Crippen LogP contribution in [0.1, 0.15) is 5.56 Å². The molecule has 0 heterocycles. The second kappa shape index (κ2) is 7.31. The molecule has 0 aliphatic heterocycles. The highest BCUT2D eigenvalue weighted by Crippen LogP contribution is 2.22. The highest BCUT2D eigenvalue weighted by molar-refractivity contribution is 7.99. The van der Waals surface area contributed by atoms with Crippen molar-refractivity contribution in [1.82, 2.24) is 0 Å². The van der Waals surface area contributed by atoms with Gasteiger partial charge in [-0.1, -0.05) is 24.3 Å². The zero-order chi connectivity index (χ0) is 14.4. The van der Waals surface area contributed by atoms with Crippen LogP contribution in [0.2, 0.25) is 0 Å². The van der Waals surface area contributed by atoms with Crippen LogP contribution in [0.4, 0.5) is 4.39 Å². The zero-order valence-corrected chi connectivity index (χ0v) is 12.2. The molecule has 4 heteroatoms. The van der Waals surface area contributed by atoms with Crippen LogP contribution in [0.5, 0.6) is 5.75 Å². The van der Waals surface area contributed by atoms with E-state index in [1.165, 1.54) is 17.8 Å². The van der Waals surface area contributed by atoms with E-state index in [1.54, 1.807) is 19.2 Å². The number of hydrogen-bond donors (Lipinski definition) is 1. The summed E-state index contributed by atoms with van der Waals surface area (Å²) in [5.41, 5.74) is 7.24. The molecule has 1 atom stereocenters. The average Bonchev–Trinajstić information content (AvgIpc) is 2.46. The molecule has 0 saturated carbocycles. The van der Waals surface area contributed by atoms with Crippen LogP contribution >= 0.6 is 11.8 Å². The summed E-state index contributed by atoms with van der Waals surface area (Å²) in [5.74, 6) is 1.32. The van der Waals surface area contributed by atoms with Crippen LogP contribution in [-0.2, 0) is 6.42 Å². The Morgan fingerprint density at radius 1 is 1.20 bits per heavy atom. The molecule has 0 amide bonds. The van der Waals surface area contributed by atoms with Crippen LogP contribution in [0.25, 0.3) is 0 Å². The number of benzene rings is 2. The van der Waals surface area contributed by atoms with Crippen LogP contribution in [-0.4, -0.2) is 18.9 Å². The summed E-state index contributed by atoms with van der Waals surface area (Å²) in [6, 6.07) is 14.6. The second-order valence-electron chi connectivity index (χ2n) is 4.56. The summed E-state index contributed by atoms with van der Waals surface area (Å²) in [5, 5.41) is 0. The predicted octanol–water partition coefficient (Wildman–Crippen LogP) is 3.50. The molecule has 20 heavy (non-hydrogen) atoms. The molecule has 1 unspecified atom stereocenters. The molecule has 2 aromatic carbocycles. The average molecular weight is 291 g/mol. The van der Waals surface area contributed by atoms with E-state index in [-0.39, 0.29) is 11.9 Å². The Hall–Kier alpha value is -1.52. The van der Waals surface area contributed by atoms with E-state index >= 15 is 0 Å². The molecule has 0 radical (unpaired) electrons. The Kier molecular flexibility index (Phi) is 5.44. The number of ether oxygens (including phenoxy) is 1. The van der Waals surface area contributed by atoms with Gasteiger partial charge < -0.3 is 10.5 Å². The molecule has 2 nitrogen and oxygen atoms in total. The van der Waals surface area contributed by atoms with Gasteiger partial charge in [-0.15, -0.1) is 11.8 Å². The fraction of sp³-hybridized carbons (Fsp3) is 0.250. The summed E-state index contributed by atoms with van der Waals surface area (Å²) < 4.78 is 18.7. The van der Waals surface area contributed by atoms with Crippen LogP contribution in [0, 0.1) is 5.82 Å². The first-order valence-electron chi connectivity index (χ1n) is 6.45. The van der Waals surface area contributed by atoms with Gasteiger partial charge in [-0.25, -0.2) is 4.39 Å². The lowest BCUT2D eigenvalue weighted by molar-refractivity contribution is 0.414. The third-order valence-corrected chi connectivity index (χ3v) is 4.16. The van der Waals surface area contributed by atoms with Gasteiger partial charge in [-0.05, 0) is 36.2 Å². The molecule has 0 aliphatic carbocycles. The van der Waals surface area contributed by atoms with E-state index in [1.807, 2.05) is 30.3 Å². The minimum absolute atomic E-state index is 0.0216. The van der Waals surface area contributed by atoms with E-state index in [9.17, 15) is 4.39 Å². The van der Waals surface area contributed by atoms with Crippen LogP contribution in [0.15, 0.2) is 53.4 Å². The number of methoxy groups -OCH3 is 1. The molecule has 0 aromatic heterocycles. The molecule has 0 bridgehead atoms. The second-order valence-corrected chi connectivity index (χ2v) is 5.62. The fourth-order valence-electron chi connectivity index (χ4n) is 1.92. The van der Waals surface area contributed by atoms with Crippen LogP contribution in [0.3, 0.4) is 0 Å². The topological polar surface area (TPSA) is 35.2 Å². The largest absolute Gasteiger partial charge is 0.497 e. The molecule has 2 N–H and O–H groups in total. The Balaban J connectivity index is 1.89. The third kappa shape index (κ3) is 4.25. The van der Waals surface area contributed by atoms with E-state index in [4.69, 9.17) is 10.5 Å². The lowest BCUT2D eigenvalue weighted by Crippen LogP contribution is -2.25. The van der Waals surface area contributed by atoms with Crippen LogP contribution < -0.4 is 10.5 Å². The Labute approximate surface area is 123 Å². The minimum Gasteiger partial charge on any atom is -0.497 e. The molecule has 0 saturated heterocycles. The van der Waals surface area contributed by atoms with Crippen molar-refractivity contribution in [3.8, 4) is 5.75 Å². The molecular formula is C16H18FNOS. The van der Waals surface area contributed by atoms with Gasteiger partial charge in [-0.2, -0.15) is 0 Å². The lowest BCUT2D eigenvalue weighted by Gasteiger charge is -2.12. The highest BCUT2D eigenvalue weighted by atomic mass is 32.2. The molecule has 2 rings (SSSR count). The van der Waals surface area contributed by atoms with Gasteiger partial charge in [0.2, 0.25) is 0 Å². The molecule has 0 aliphatic rings. The summed E-state index contributed by atoms with van der Waals surface area (Å²) in [6.45, 7) is 0. The molecule has 0 spiro atoms. The van der Waals surface area contributed by atoms with Gasteiger partial charge in [0.1, 0.15) is 11.6 Å². The number of thioether (sulfide) groups is 1. The smallest absolute Gasteiger partial charge is 0.136 e. The molecular weight excluding hydrogens is 273 g/mol. The lowest BCUT2D eigenvalue weighted by atomic mass is 10.1. The van der Waals surface area contributed by atoms with E-state index in [0.717, 1.165) is 17.7 Å². The minimum atomic E-state index is -0.189. The van der Waals surface area contributed by atoms with Gasteiger partial charge in [0.15, 0.2) is 0 Å². The molecule has 2 aromatic rings. The van der Waals surface area contributed by atoms with Crippen molar-refractivity contribution in [1.29, 1.82) is 0 Å². The first-order chi connectivity index (χ1) is 9.69. The monoisotopic (exact) mass is 291 g/mol. The Morgan fingerprint density at radius 3 is 2.75 bits per heavy atom. The van der Waals surface area contributed by atoms with Crippen molar-refractivity contribution in [2.24, 2.45) is 5.73 Å². The summed E-state index contributed by atoms with van der Waals surface area (Å²) in [7, 11) is 1.65. The number of nitrogens with two attached hydrogens (primary N) is 1. The first-order valence-corrected chi connectivity index (χ1v) is 7.43. The number of rotatable bonds is 6. The fourth-order valence-corrected chi connectivity index (χ4v) is 2.81. The normalized spacial score (nSPS) is 12.2. The van der Waals surface area contributed by atoms with E-state index in [2.05, 4.69) is 0 Å². The van der Waals surface area contributed by atoms with E-state index < -0.39 is 0 Å². The molecule has 106 valence electrons. The quantitative estimate of drug-likeness (QED) is 0.827. The SMILES string of the molecule is COc1cccc(CC(N)CSc2ccccc2F)c1. The Bertz CT molecular complexity index is 562. The Morgan fingerprint density at radius 2 is 2.00 bits per heavy atom. The van der Waals surface area contributed by atoms with Gasteiger partial charge in [0.25, 0.3) is 0 Å². The summed E-state index contributed by atoms with van der Waals surface area (Å²) in [6.07, 6.45) is 0.749. The summed E-state index contributed by atoms with van der Waals surface area (Å²) in [4.78, 5) is 0.647.